The summed E-state index contributed by atoms with van der Waals surface area (Å²) in [6, 6.07) is 23.2. The number of nitro groups is 1. The van der Waals surface area contributed by atoms with Gasteiger partial charge in [0.25, 0.3) is 21.8 Å². The maximum atomic E-state index is 14.9. The van der Waals surface area contributed by atoms with Gasteiger partial charge in [0, 0.05) is 88.0 Å². The fourth-order valence-electron chi connectivity index (χ4n) is 11.7. The molecule has 20 heteroatoms. The molecule has 0 radical (unpaired) electrons. The van der Waals surface area contributed by atoms with Crippen LogP contribution in [0.5, 0.6) is 17.4 Å². The molecule has 4 fully saturated rings. The van der Waals surface area contributed by atoms with Crippen molar-refractivity contribution >= 4 is 44.2 Å². The second-order valence-electron chi connectivity index (χ2n) is 21.1. The monoisotopic (exact) mass is 1050 g/mol. The third kappa shape index (κ3) is 11.2. The van der Waals surface area contributed by atoms with Crippen molar-refractivity contribution in [1.82, 2.24) is 29.5 Å². The van der Waals surface area contributed by atoms with Gasteiger partial charge in [0.2, 0.25) is 5.82 Å². The standard InChI is InChI=1S/C55H63F2N9O8S/c1-4-37-7-5-6-8-42(37)47-34-63(33-36-9-11-38(56)12-10-36)23-24-65(47)40-28-55(29-40)19-21-64(22-20-55)39-13-14-43(48(25-39)74-49-27-44-45(57)32-60-50(44)61-53(49)73-3)52(67)62-75(71,72)41-26-46(66(69)70)51(59-31-41)58-30-35-15-17-54(2,68)18-16-35/h5-14,25-27,31-32,35,40,47,68H,4,15-24,28-30,33-34H2,1-3H3,(H,58,59)(H,60,61)(H,62,67)/t35?,47-,54?/m0/s1. The zero-order valence-corrected chi connectivity index (χ0v) is 43.2. The molecule has 4 N–H and O–H groups in total. The largest absolute Gasteiger partial charge is 0.478 e. The molecule has 3 aromatic heterocycles. The van der Waals surface area contributed by atoms with E-state index in [1.54, 1.807) is 19.1 Å². The van der Waals surface area contributed by atoms with Gasteiger partial charge < -0.3 is 29.8 Å². The van der Waals surface area contributed by atoms with Crippen molar-refractivity contribution in [2.24, 2.45) is 11.3 Å². The number of pyridine rings is 2. The number of aryl methyl sites for hydroxylation is 1. The lowest BCUT2D eigenvalue weighted by molar-refractivity contribution is -0.384. The molecule has 4 aliphatic rings. The second-order valence-corrected chi connectivity index (χ2v) is 22.8. The Bertz CT molecular complexity index is 3190. The summed E-state index contributed by atoms with van der Waals surface area (Å²) in [6.07, 6.45) is 9.62. The predicted molar refractivity (Wildman–Crippen MR) is 280 cm³/mol. The number of nitrogens with one attached hydrogen (secondary N) is 3. The summed E-state index contributed by atoms with van der Waals surface area (Å²) < 4.78 is 70.3. The molecule has 17 nitrogen and oxygen atoms in total. The number of ether oxygens (including phenoxy) is 2. The summed E-state index contributed by atoms with van der Waals surface area (Å²) in [5.41, 5.74) is 3.34. The van der Waals surface area contributed by atoms with Crippen LogP contribution in [0.3, 0.4) is 0 Å². The molecular formula is C55H63F2N9O8S. The molecule has 396 valence electrons. The molecule has 3 aromatic carbocycles. The number of halogens is 2. The van der Waals surface area contributed by atoms with Gasteiger partial charge in [-0.3, -0.25) is 24.7 Å². The highest BCUT2D eigenvalue weighted by Gasteiger charge is 2.50. The average Bonchev–Trinajstić information content (AvgIpc) is 3.76. The van der Waals surface area contributed by atoms with Crippen LogP contribution in [0.2, 0.25) is 0 Å². The molecule has 10 rings (SSSR count). The van der Waals surface area contributed by atoms with Gasteiger partial charge in [-0.15, -0.1) is 0 Å². The average molecular weight is 1050 g/mol. The number of nitrogens with zero attached hydrogens (tertiary/aromatic N) is 6. The van der Waals surface area contributed by atoms with Crippen molar-refractivity contribution in [3.05, 3.63) is 135 Å². The minimum atomic E-state index is -4.75. The van der Waals surface area contributed by atoms with Crippen LogP contribution in [-0.4, -0.2) is 107 Å². The Kier molecular flexibility index (Phi) is 14.6. The molecular weight excluding hydrogens is 985 g/mol. The lowest BCUT2D eigenvalue weighted by atomic mass is 9.59. The molecule has 1 atom stereocenters. The number of benzene rings is 3. The quantitative estimate of drug-likeness (QED) is 0.0526. The van der Waals surface area contributed by atoms with Gasteiger partial charge in [-0.05, 0) is 117 Å². The van der Waals surface area contributed by atoms with E-state index in [0.717, 1.165) is 82.3 Å². The van der Waals surface area contributed by atoms with Crippen molar-refractivity contribution in [1.29, 1.82) is 0 Å². The van der Waals surface area contributed by atoms with Crippen LogP contribution < -0.4 is 24.4 Å². The summed E-state index contributed by atoms with van der Waals surface area (Å²) in [6.45, 7) is 9.23. The molecule has 6 aromatic rings. The van der Waals surface area contributed by atoms with Gasteiger partial charge in [-0.2, -0.15) is 4.98 Å². The second kappa shape index (κ2) is 21.1. The summed E-state index contributed by atoms with van der Waals surface area (Å²) >= 11 is 0. The first-order chi connectivity index (χ1) is 36.0. The van der Waals surface area contributed by atoms with Crippen LogP contribution in [0.1, 0.15) is 98.3 Å². The van der Waals surface area contributed by atoms with Crippen molar-refractivity contribution in [2.45, 2.75) is 101 Å². The highest BCUT2D eigenvalue weighted by molar-refractivity contribution is 7.90. The van der Waals surface area contributed by atoms with Gasteiger partial charge in [0.15, 0.2) is 5.75 Å². The SMILES string of the molecule is CCc1ccccc1[C@@H]1CN(Cc2ccc(F)cc2)CCN1C1CC2(CCN(c3ccc(C(=O)NS(=O)(=O)c4cnc(NCC5CCC(C)(O)CC5)c([N+](=O)[O-])c4)c(Oc4cc5c(F)c[nH]c5nc4OC)c3)CC2)C1. The van der Waals surface area contributed by atoms with Gasteiger partial charge in [0.1, 0.15) is 27.9 Å². The van der Waals surface area contributed by atoms with E-state index < -0.39 is 42.9 Å². The van der Waals surface area contributed by atoms with Crippen LogP contribution in [0.15, 0.2) is 96.2 Å². The van der Waals surface area contributed by atoms with Crippen molar-refractivity contribution in [3.8, 4) is 17.4 Å². The number of fused-ring (bicyclic) bond motifs is 1. The van der Waals surface area contributed by atoms with E-state index in [0.29, 0.717) is 57.0 Å². The maximum Gasteiger partial charge on any atom is 0.312 e. The smallest absolute Gasteiger partial charge is 0.312 e. The molecule has 1 spiro atoms. The van der Waals surface area contributed by atoms with E-state index in [-0.39, 0.29) is 63.0 Å². The number of aliphatic hydroxyl groups is 1. The number of rotatable bonds is 16. The van der Waals surface area contributed by atoms with Gasteiger partial charge in [-0.25, -0.2) is 26.9 Å². The maximum absolute atomic E-state index is 14.9. The normalized spacial score (nSPS) is 21.4. The van der Waals surface area contributed by atoms with E-state index in [4.69, 9.17) is 9.47 Å². The van der Waals surface area contributed by atoms with Gasteiger partial charge in [0.05, 0.1) is 34.8 Å². The zero-order chi connectivity index (χ0) is 52.6. The number of piperazine rings is 1. The first-order valence-electron chi connectivity index (χ1n) is 25.8. The minimum absolute atomic E-state index is 0.0228. The first-order valence-corrected chi connectivity index (χ1v) is 27.2. The fraction of sp³-hybridized carbons (Fsp3) is 0.436. The topological polar surface area (TPSA) is 208 Å². The number of H-pyrrole nitrogens is 1. The number of anilines is 2. The van der Waals surface area contributed by atoms with Crippen molar-refractivity contribution in [2.75, 3.05) is 56.6 Å². The van der Waals surface area contributed by atoms with Crippen LogP contribution in [0, 0.1) is 33.1 Å². The third-order valence-corrected chi connectivity index (χ3v) is 17.4. The molecule has 2 aliphatic heterocycles. The number of sulfonamides is 1. The van der Waals surface area contributed by atoms with Crippen LogP contribution >= 0.6 is 0 Å². The number of hydrogen-bond acceptors (Lipinski definition) is 14. The number of carbonyl (C=O) groups is 1. The number of aromatic amines is 1. The van der Waals surface area contributed by atoms with E-state index in [1.807, 2.05) is 16.9 Å². The minimum Gasteiger partial charge on any atom is -0.478 e. The van der Waals surface area contributed by atoms with Gasteiger partial charge in [-0.1, -0.05) is 43.3 Å². The highest BCUT2D eigenvalue weighted by atomic mass is 32.2. The Hall–Kier alpha value is -6.74. The Morgan fingerprint density at radius 3 is 2.44 bits per heavy atom. The fourth-order valence-corrected chi connectivity index (χ4v) is 12.6. The zero-order valence-electron chi connectivity index (χ0n) is 42.4. The molecule has 5 heterocycles. The Labute approximate surface area is 434 Å². The summed E-state index contributed by atoms with van der Waals surface area (Å²) in [7, 11) is -3.38. The number of hydrogen-bond donors (Lipinski definition) is 4. The van der Waals surface area contributed by atoms with E-state index in [2.05, 4.69) is 66.2 Å². The summed E-state index contributed by atoms with van der Waals surface area (Å²) in [5.74, 6) is -2.04. The number of methoxy groups -OCH3 is 1. The van der Waals surface area contributed by atoms with Crippen LogP contribution in [-0.2, 0) is 23.0 Å². The molecule has 0 unspecified atom stereocenters. The first kappa shape index (κ1) is 51.7. The molecule has 2 saturated carbocycles. The number of piperidine rings is 1. The van der Waals surface area contributed by atoms with Crippen molar-refractivity contribution in [3.63, 3.8) is 0 Å². The Morgan fingerprint density at radius 2 is 1.72 bits per heavy atom. The summed E-state index contributed by atoms with van der Waals surface area (Å²) in [4.78, 5) is 43.7. The molecule has 0 bridgehead atoms. The third-order valence-electron chi connectivity index (χ3n) is 16.1. The number of aromatic nitrogens is 3. The van der Waals surface area contributed by atoms with E-state index in [1.165, 1.54) is 42.5 Å². The van der Waals surface area contributed by atoms with Crippen molar-refractivity contribution < 1.29 is 41.5 Å². The molecule has 75 heavy (non-hydrogen) atoms. The number of carbonyl (C=O) groups excluding carboxylic acids is 1. The lowest BCUT2D eigenvalue weighted by Gasteiger charge is -2.58. The van der Waals surface area contributed by atoms with E-state index >= 15 is 0 Å². The number of amides is 1. The van der Waals surface area contributed by atoms with E-state index in [9.17, 15) is 37.2 Å². The highest BCUT2D eigenvalue weighted by Crippen LogP contribution is 2.53. The Balaban J connectivity index is 0.855. The molecule has 2 aliphatic carbocycles. The Morgan fingerprint density at radius 1 is 0.973 bits per heavy atom. The predicted octanol–water partition coefficient (Wildman–Crippen LogP) is 9.29. The molecule has 1 amide bonds. The molecule has 2 saturated heterocycles. The van der Waals surface area contributed by atoms with Crippen LogP contribution in [0.4, 0.5) is 26.0 Å². The lowest BCUT2D eigenvalue weighted by Crippen LogP contribution is -2.59. The van der Waals surface area contributed by atoms with Crippen LogP contribution in [0.25, 0.3) is 11.0 Å². The summed E-state index contributed by atoms with van der Waals surface area (Å²) in [5, 5.41) is 25.6. The van der Waals surface area contributed by atoms with Gasteiger partial charge >= 0.3 is 5.69 Å².